The molecule has 0 aliphatic carbocycles. The van der Waals surface area contributed by atoms with Gasteiger partial charge in [0.05, 0.1) is 0 Å². The summed E-state index contributed by atoms with van der Waals surface area (Å²) in [6.45, 7) is 2.17. The van der Waals surface area contributed by atoms with Crippen molar-refractivity contribution in [1.29, 1.82) is 0 Å². The molecular formula is C6H15Cl. The molecule has 0 saturated carbocycles. The fourth-order valence-corrected chi connectivity index (χ4v) is 0.533. The van der Waals surface area contributed by atoms with Crippen molar-refractivity contribution in [1.82, 2.24) is 0 Å². The van der Waals surface area contributed by atoms with Gasteiger partial charge in [-0.3, -0.25) is 0 Å². The van der Waals surface area contributed by atoms with Gasteiger partial charge in [0.1, 0.15) is 0 Å². The molecule has 7 heavy (non-hydrogen) atoms. The topological polar surface area (TPSA) is 0 Å². The zero-order valence-electron chi connectivity index (χ0n) is 4.21. The lowest BCUT2D eigenvalue weighted by Gasteiger charge is -1.84. The van der Waals surface area contributed by atoms with Crippen LogP contribution >= 0.6 is 11.6 Å². The molecule has 0 bridgehead atoms. The molecule has 0 aliphatic rings. The molecule has 0 heterocycles. The van der Waals surface area contributed by atoms with Gasteiger partial charge >= 0.3 is 0 Å². The quantitative estimate of drug-likeness (QED) is 0.399. The fraction of sp³-hybridized carbons (Fsp3) is 1.00. The number of unbranched alkanes of at least 4 members (excludes halogenated alkanes) is 2. The third-order valence-electron chi connectivity index (χ3n) is 0.737. The highest BCUT2D eigenvalue weighted by Crippen LogP contribution is 1.93. The Morgan fingerprint density at radius 1 is 1.29 bits per heavy atom. The molecule has 0 rings (SSSR count). The van der Waals surface area contributed by atoms with Gasteiger partial charge in [0.25, 0.3) is 0 Å². The van der Waals surface area contributed by atoms with Gasteiger partial charge in [0.2, 0.25) is 0 Å². The summed E-state index contributed by atoms with van der Waals surface area (Å²) in [6, 6.07) is 0. The predicted molar refractivity (Wildman–Crippen MR) is 37.0 cm³/mol. The first kappa shape index (κ1) is 10.3. The van der Waals surface area contributed by atoms with Gasteiger partial charge in [0, 0.05) is 5.88 Å². The third-order valence-corrected chi connectivity index (χ3v) is 1.00. The minimum Gasteiger partial charge on any atom is -0.127 e. The highest BCUT2D eigenvalue weighted by molar-refractivity contribution is 6.17. The van der Waals surface area contributed by atoms with Gasteiger partial charge in [-0.1, -0.05) is 27.2 Å². The highest BCUT2D eigenvalue weighted by atomic mass is 35.5. The van der Waals surface area contributed by atoms with Crippen LogP contribution in [-0.4, -0.2) is 5.88 Å². The molecule has 0 aliphatic heterocycles. The van der Waals surface area contributed by atoms with E-state index in [1.54, 1.807) is 0 Å². The van der Waals surface area contributed by atoms with Gasteiger partial charge in [-0.2, -0.15) is 0 Å². The van der Waals surface area contributed by atoms with Crippen LogP contribution in [0.4, 0.5) is 0 Å². The molecule has 0 fully saturated rings. The third kappa shape index (κ3) is 10.7. The lowest BCUT2D eigenvalue weighted by Crippen LogP contribution is -1.70. The monoisotopic (exact) mass is 122 g/mol. The standard InChI is InChI=1S/C5H11Cl.CH4/c1-2-3-4-5-6;/h2-5H2,1H3;1H4. The summed E-state index contributed by atoms with van der Waals surface area (Å²) in [4.78, 5) is 0. The zero-order chi connectivity index (χ0) is 4.83. The SMILES string of the molecule is C.CCCCCCl. The zero-order valence-corrected chi connectivity index (χ0v) is 4.96. The average Bonchev–Trinajstić information content (AvgIpc) is 1.61. The maximum Gasteiger partial charge on any atom is 0.0223 e. The number of halogens is 1. The van der Waals surface area contributed by atoms with Crippen molar-refractivity contribution in [3.8, 4) is 0 Å². The van der Waals surface area contributed by atoms with Crippen LogP contribution in [-0.2, 0) is 0 Å². The number of alkyl halides is 1. The van der Waals surface area contributed by atoms with Crippen molar-refractivity contribution >= 4 is 11.6 Å². The molecule has 0 saturated heterocycles. The molecule has 46 valence electrons. The van der Waals surface area contributed by atoms with E-state index >= 15 is 0 Å². The second kappa shape index (κ2) is 9.56. The Kier molecular flexibility index (Phi) is 14.1. The Balaban J connectivity index is 0. The Bertz CT molecular complexity index is 16.1. The van der Waals surface area contributed by atoms with E-state index < -0.39 is 0 Å². The second-order valence-corrected chi connectivity index (χ2v) is 1.77. The van der Waals surface area contributed by atoms with E-state index in [-0.39, 0.29) is 7.43 Å². The fourth-order valence-electron chi connectivity index (χ4n) is 0.344. The van der Waals surface area contributed by atoms with Crippen LogP contribution < -0.4 is 0 Å². The van der Waals surface area contributed by atoms with Crippen LogP contribution in [0.25, 0.3) is 0 Å². The van der Waals surface area contributed by atoms with E-state index in [0.717, 1.165) is 5.88 Å². The summed E-state index contributed by atoms with van der Waals surface area (Å²) in [7, 11) is 0. The minimum atomic E-state index is 0. The van der Waals surface area contributed by atoms with Crippen molar-refractivity contribution in [3.63, 3.8) is 0 Å². The molecule has 0 nitrogen and oxygen atoms in total. The molecule has 0 atom stereocenters. The summed E-state index contributed by atoms with van der Waals surface area (Å²) < 4.78 is 0. The smallest absolute Gasteiger partial charge is 0.0223 e. The molecule has 0 unspecified atom stereocenters. The predicted octanol–water partition coefficient (Wildman–Crippen LogP) is 3.05. The highest BCUT2D eigenvalue weighted by Gasteiger charge is 1.76. The van der Waals surface area contributed by atoms with E-state index in [2.05, 4.69) is 6.92 Å². The Morgan fingerprint density at radius 2 is 1.86 bits per heavy atom. The number of rotatable bonds is 3. The van der Waals surface area contributed by atoms with Gasteiger partial charge in [0.15, 0.2) is 0 Å². The molecule has 1 heteroatoms. The number of hydrogen-bond acceptors (Lipinski definition) is 0. The van der Waals surface area contributed by atoms with Gasteiger partial charge in [-0.15, -0.1) is 11.6 Å². The van der Waals surface area contributed by atoms with Crippen LogP contribution in [0.5, 0.6) is 0 Å². The van der Waals surface area contributed by atoms with Gasteiger partial charge < -0.3 is 0 Å². The summed E-state index contributed by atoms with van der Waals surface area (Å²) in [5, 5.41) is 0. The van der Waals surface area contributed by atoms with E-state index in [4.69, 9.17) is 11.6 Å². The molecule has 0 spiro atoms. The maximum atomic E-state index is 5.38. The first-order chi connectivity index (χ1) is 2.91. The van der Waals surface area contributed by atoms with E-state index in [0.29, 0.717) is 0 Å². The Labute approximate surface area is 51.9 Å². The molecule has 0 aromatic rings. The lowest BCUT2D eigenvalue weighted by molar-refractivity contribution is 0.776. The first-order valence-electron chi connectivity index (χ1n) is 2.47. The molecule has 0 radical (unpaired) electrons. The molecule has 0 aromatic carbocycles. The minimum absolute atomic E-state index is 0. The summed E-state index contributed by atoms with van der Waals surface area (Å²) in [5.74, 6) is 0.827. The largest absolute Gasteiger partial charge is 0.127 e. The van der Waals surface area contributed by atoms with Crippen molar-refractivity contribution in [3.05, 3.63) is 0 Å². The lowest BCUT2D eigenvalue weighted by atomic mass is 10.3. The van der Waals surface area contributed by atoms with Crippen molar-refractivity contribution in [2.45, 2.75) is 33.6 Å². The molecular weight excluding hydrogens is 108 g/mol. The average molecular weight is 123 g/mol. The molecule has 0 aromatic heterocycles. The van der Waals surface area contributed by atoms with E-state index in [1.165, 1.54) is 19.3 Å². The number of hydrogen-bond donors (Lipinski definition) is 0. The maximum absolute atomic E-state index is 5.38. The van der Waals surface area contributed by atoms with Crippen LogP contribution in [0, 0.1) is 0 Å². The van der Waals surface area contributed by atoms with Gasteiger partial charge in [-0.05, 0) is 6.42 Å². The summed E-state index contributed by atoms with van der Waals surface area (Å²) in [5.41, 5.74) is 0. The van der Waals surface area contributed by atoms with Crippen molar-refractivity contribution < 1.29 is 0 Å². The van der Waals surface area contributed by atoms with Crippen LogP contribution in [0.3, 0.4) is 0 Å². The van der Waals surface area contributed by atoms with Crippen LogP contribution in [0.2, 0.25) is 0 Å². The molecule has 0 amide bonds. The van der Waals surface area contributed by atoms with Crippen LogP contribution in [0.15, 0.2) is 0 Å². The Hall–Kier alpha value is 0.290. The van der Waals surface area contributed by atoms with Gasteiger partial charge in [-0.25, -0.2) is 0 Å². The van der Waals surface area contributed by atoms with E-state index in [9.17, 15) is 0 Å². The summed E-state index contributed by atoms with van der Waals surface area (Å²) >= 11 is 5.38. The van der Waals surface area contributed by atoms with Crippen molar-refractivity contribution in [2.24, 2.45) is 0 Å². The Morgan fingerprint density at radius 3 is 2.00 bits per heavy atom. The van der Waals surface area contributed by atoms with Crippen molar-refractivity contribution in [2.75, 3.05) is 5.88 Å². The van der Waals surface area contributed by atoms with Crippen LogP contribution in [0.1, 0.15) is 33.6 Å². The first-order valence-corrected chi connectivity index (χ1v) is 3.01. The van der Waals surface area contributed by atoms with E-state index in [1.807, 2.05) is 0 Å². The molecule has 0 N–H and O–H groups in total. The normalized spacial score (nSPS) is 7.71. The second-order valence-electron chi connectivity index (χ2n) is 1.40. The summed E-state index contributed by atoms with van der Waals surface area (Å²) in [6.07, 6.45) is 3.73.